The van der Waals surface area contributed by atoms with E-state index >= 15 is 0 Å². The Hall–Kier alpha value is -3.51. The molecule has 5 heterocycles. The predicted octanol–water partition coefficient (Wildman–Crippen LogP) is -10.1. The molecule has 33 nitrogen and oxygen atoms in total. The van der Waals surface area contributed by atoms with Gasteiger partial charge in [-0.05, 0) is 6.07 Å². The van der Waals surface area contributed by atoms with Crippen molar-refractivity contribution in [2.45, 2.75) is 160 Å². The molecule has 25 atom stereocenters. The summed E-state index contributed by atoms with van der Waals surface area (Å²) in [6, 6.07) is 0.594. The standard InChI is InChI=1S/C40H62N2O31/c1-62-13-3-11(12(42(60)61)4-14(13)63-2)10-64-40(59)41-20-15(5-43)66-36(27(54)21(20)48)71-32-17(7-45)68-38(29(56)23(32)50)73-34-19(9-47)69-39(30(57)25(34)52)72-33-18(8-46)67-37(28(55)24(33)51)70-31-16(6-44)65-35(58)26(53)22(31)49/h3-4,15-39,43-58H,5-10H2,1-2H3,(H,41,59)/t15?,16?,17?,18?,19?,20-,21+,22-,23-,24-,25-,26?,27?,28?,29?,30?,31-,32-,33-,34-,35-,36-,37-,38-,39-/m1/s1. The van der Waals surface area contributed by atoms with Gasteiger partial charge in [-0.2, -0.15) is 0 Å². The highest BCUT2D eigenvalue weighted by Crippen LogP contribution is 2.37. The first-order valence-corrected chi connectivity index (χ1v) is 22.4. The van der Waals surface area contributed by atoms with Crippen LogP contribution in [0.4, 0.5) is 10.5 Å². The normalized spacial score (nSPS) is 43.2. The summed E-state index contributed by atoms with van der Waals surface area (Å²) in [7, 11) is 2.51. The summed E-state index contributed by atoms with van der Waals surface area (Å²) < 4.78 is 65.2. The molecule has 0 spiro atoms. The number of nitro groups is 1. The molecule has 418 valence electrons. The van der Waals surface area contributed by atoms with Crippen LogP contribution in [0.3, 0.4) is 0 Å². The molecule has 0 bridgehead atoms. The van der Waals surface area contributed by atoms with Crippen LogP contribution in [0.5, 0.6) is 11.5 Å². The quantitative estimate of drug-likeness (QED) is 0.0452. The zero-order valence-corrected chi connectivity index (χ0v) is 38.6. The topological polar surface area (TPSA) is 507 Å². The van der Waals surface area contributed by atoms with Crippen molar-refractivity contribution in [2.75, 3.05) is 47.3 Å². The fourth-order valence-electron chi connectivity index (χ4n) is 8.75. The summed E-state index contributed by atoms with van der Waals surface area (Å²) in [4.78, 5) is 23.8. The van der Waals surface area contributed by atoms with E-state index in [9.17, 15) is 96.6 Å². The Bertz CT molecular complexity index is 1940. The highest BCUT2D eigenvalue weighted by molar-refractivity contribution is 5.68. The Morgan fingerprint density at radius 1 is 0.521 bits per heavy atom. The fourth-order valence-corrected chi connectivity index (χ4v) is 8.75. The summed E-state index contributed by atoms with van der Waals surface area (Å²) in [5.74, 6) is 0.0836. The molecule has 5 aliphatic rings. The number of benzene rings is 1. The van der Waals surface area contributed by atoms with Gasteiger partial charge in [0.1, 0.15) is 123 Å². The van der Waals surface area contributed by atoms with Crippen molar-refractivity contribution in [2.24, 2.45) is 0 Å². The van der Waals surface area contributed by atoms with E-state index in [0.717, 1.165) is 6.07 Å². The smallest absolute Gasteiger partial charge is 0.407 e. The number of carbonyl (C=O) groups is 1. The molecule has 33 heteroatoms. The minimum absolute atomic E-state index is 0.0132. The number of nitrogens with zero attached hydrogens (tertiary/aromatic N) is 1. The number of ether oxygens (including phenoxy) is 12. The van der Waals surface area contributed by atoms with Gasteiger partial charge in [-0.1, -0.05) is 0 Å². The summed E-state index contributed by atoms with van der Waals surface area (Å²) in [5.41, 5.74) is -0.627. The number of methoxy groups -OCH3 is 2. The van der Waals surface area contributed by atoms with E-state index in [-0.39, 0.29) is 17.1 Å². The number of carbonyl (C=O) groups excluding carboxylic acids is 1. The number of nitrogens with one attached hydrogen (secondary N) is 1. The average molecular weight is 1070 g/mol. The second-order valence-corrected chi connectivity index (χ2v) is 17.3. The second-order valence-electron chi connectivity index (χ2n) is 17.3. The lowest BCUT2D eigenvalue weighted by molar-refractivity contribution is -0.392. The Labute approximate surface area is 411 Å². The monoisotopic (exact) mass is 1070 g/mol. The van der Waals surface area contributed by atoms with E-state index in [1.54, 1.807) is 0 Å². The Kier molecular flexibility index (Phi) is 20.6. The van der Waals surface area contributed by atoms with Crippen LogP contribution >= 0.6 is 0 Å². The summed E-state index contributed by atoms with van der Waals surface area (Å²) in [5, 5.41) is 184. The number of aliphatic hydroxyl groups excluding tert-OH is 16. The third-order valence-electron chi connectivity index (χ3n) is 12.8. The van der Waals surface area contributed by atoms with Crippen molar-refractivity contribution < 1.29 is 148 Å². The molecule has 0 saturated carbocycles. The van der Waals surface area contributed by atoms with Crippen molar-refractivity contribution in [1.29, 1.82) is 0 Å². The first kappa shape index (κ1) is 58.7. The van der Waals surface area contributed by atoms with Crippen LogP contribution in [-0.2, 0) is 54.0 Å². The molecule has 5 saturated heterocycles. The van der Waals surface area contributed by atoms with Crippen LogP contribution in [0.15, 0.2) is 12.1 Å². The largest absolute Gasteiger partial charge is 0.493 e. The molecule has 0 aromatic heterocycles. The zero-order valence-electron chi connectivity index (χ0n) is 38.6. The molecule has 6 rings (SSSR count). The Balaban J connectivity index is 1.05. The maximum absolute atomic E-state index is 12.9. The SMILES string of the molecule is COc1cc(COC(=O)N[C@@H]2C(CO)O[C@H](O[C@@H]3C(CO)O[C@H](O[C@@H]4C(CO)O[C@H](O[C@@H]5C(CO)O[C@H](O[C@@H]6C(CO)O[C@@H](O)C(O)[C@H]6O)C(O)[C@H]5O)C(O)[C@H]4O)C(O)[C@H]3O)C(O)[C@H]2O)c([N+](=O)[O-])cc1OC. The van der Waals surface area contributed by atoms with Crippen LogP contribution in [0, 0.1) is 10.1 Å². The first-order chi connectivity index (χ1) is 34.7. The highest BCUT2D eigenvalue weighted by Gasteiger charge is 2.56. The van der Waals surface area contributed by atoms with Gasteiger partial charge in [0.05, 0.1) is 69.8 Å². The van der Waals surface area contributed by atoms with Gasteiger partial charge < -0.3 is 144 Å². The van der Waals surface area contributed by atoms with Gasteiger partial charge >= 0.3 is 6.09 Å². The molecule has 5 fully saturated rings. The number of rotatable bonds is 19. The second kappa shape index (κ2) is 25.6. The van der Waals surface area contributed by atoms with Crippen LogP contribution in [0.25, 0.3) is 0 Å². The molecular weight excluding hydrogens is 1000 g/mol. The molecule has 1 amide bonds. The van der Waals surface area contributed by atoms with E-state index in [0.29, 0.717) is 0 Å². The Morgan fingerprint density at radius 2 is 0.863 bits per heavy atom. The molecule has 17 N–H and O–H groups in total. The van der Waals surface area contributed by atoms with E-state index < -0.39 is 210 Å². The molecular formula is C40H62N2O31. The number of nitro benzene ring substituents is 1. The zero-order chi connectivity index (χ0) is 53.7. The highest BCUT2D eigenvalue weighted by atomic mass is 16.8. The van der Waals surface area contributed by atoms with E-state index in [4.69, 9.17) is 56.8 Å². The summed E-state index contributed by atoms with van der Waals surface area (Å²) in [6.07, 6.45) is -47.3. The van der Waals surface area contributed by atoms with Crippen molar-refractivity contribution in [1.82, 2.24) is 5.32 Å². The number of alkyl carbamates (subject to hydrolysis) is 1. The van der Waals surface area contributed by atoms with Gasteiger partial charge in [-0.3, -0.25) is 10.1 Å². The average Bonchev–Trinajstić information content (AvgIpc) is 3.38. The third kappa shape index (κ3) is 12.5. The van der Waals surface area contributed by atoms with Crippen molar-refractivity contribution in [3.05, 3.63) is 27.8 Å². The van der Waals surface area contributed by atoms with Crippen molar-refractivity contribution >= 4 is 11.8 Å². The lowest BCUT2D eigenvalue weighted by Gasteiger charge is -2.49. The third-order valence-corrected chi connectivity index (χ3v) is 12.8. The number of hydrogen-bond acceptors (Lipinski definition) is 31. The fraction of sp³-hybridized carbons (Fsp3) is 0.825. The van der Waals surface area contributed by atoms with Gasteiger partial charge in [-0.15, -0.1) is 0 Å². The van der Waals surface area contributed by atoms with Crippen molar-refractivity contribution in [3.63, 3.8) is 0 Å². The molecule has 1 aromatic carbocycles. The number of aliphatic hydroxyl groups is 16. The van der Waals surface area contributed by atoms with Gasteiger partial charge in [0.15, 0.2) is 42.9 Å². The summed E-state index contributed by atoms with van der Waals surface area (Å²) >= 11 is 0. The molecule has 1 aromatic rings. The van der Waals surface area contributed by atoms with Crippen molar-refractivity contribution in [3.8, 4) is 11.5 Å². The van der Waals surface area contributed by atoms with E-state index in [2.05, 4.69) is 5.32 Å². The maximum atomic E-state index is 12.9. The minimum atomic E-state index is -2.19. The molecule has 10 unspecified atom stereocenters. The van der Waals surface area contributed by atoms with Gasteiger partial charge in [-0.25, -0.2) is 4.79 Å². The van der Waals surface area contributed by atoms with Crippen LogP contribution < -0.4 is 14.8 Å². The maximum Gasteiger partial charge on any atom is 0.407 e. The van der Waals surface area contributed by atoms with E-state index in [1.165, 1.54) is 20.3 Å². The van der Waals surface area contributed by atoms with Crippen LogP contribution in [0.1, 0.15) is 5.56 Å². The lowest BCUT2D eigenvalue weighted by Crippen LogP contribution is -2.68. The summed E-state index contributed by atoms with van der Waals surface area (Å²) in [6.45, 7) is -5.57. The van der Waals surface area contributed by atoms with Gasteiger partial charge in [0.2, 0.25) is 0 Å². The Morgan fingerprint density at radius 3 is 1.23 bits per heavy atom. The van der Waals surface area contributed by atoms with E-state index in [1.807, 2.05) is 0 Å². The minimum Gasteiger partial charge on any atom is -0.493 e. The van der Waals surface area contributed by atoms with Crippen LogP contribution in [-0.4, -0.2) is 293 Å². The molecule has 73 heavy (non-hydrogen) atoms. The first-order valence-electron chi connectivity index (χ1n) is 22.4. The van der Waals surface area contributed by atoms with Crippen LogP contribution in [0.2, 0.25) is 0 Å². The molecule has 5 aliphatic heterocycles. The number of hydrogen-bond donors (Lipinski definition) is 17. The lowest BCUT2D eigenvalue weighted by atomic mass is 9.95. The molecule has 0 radical (unpaired) electrons. The number of amides is 1. The molecule has 0 aliphatic carbocycles. The van der Waals surface area contributed by atoms with Gasteiger partial charge in [0, 0.05) is 0 Å². The van der Waals surface area contributed by atoms with Gasteiger partial charge in [0.25, 0.3) is 5.69 Å². The predicted molar refractivity (Wildman–Crippen MR) is 224 cm³/mol.